The van der Waals surface area contributed by atoms with E-state index in [9.17, 15) is 4.79 Å². The highest BCUT2D eigenvalue weighted by atomic mass is 16.5. The molecule has 0 unspecified atom stereocenters. The molecule has 88 valence electrons. The van der Waals surface area contributed by atoms with Crippen molar-refractivity contribution < 1.29 is 13.9 Å². The van der Waals surface area contributed by atoms with Gasteiger partial charge in [-0.1, -0.05) is 0 Å². The summed E-state index contributed by atoms with van der Waals surface area (Å²) in [5.74, 6) is 0. The summed E-state index contributed by atoms with van der Waals surface area (Å²) in [5, 5.41) is 2.85. The molecule has 1 fully saturated rings. The Balaban J connectivity index is 1.79. The zero-order valence-electron chi connectivity index (χ0n) is 9.31. The lowest BCUT2D eigenvalue weighted by Crippen LogP contribution is -2.48. The van der Waals surface area contributed by atoms with Gasteiger partial charge in [0, 0.05) is 25.2 Å². The predicted molar refractivity (Wildman–Crippen MR) is 57.9 cm³/mol. The van der Waals surface area contributed by atoms with Gasteiger partial charge in [-0.05, 0) is 13.0 Å². The van der Waals surface area contributed by atoms with Gasteiger partial charge < -0.3 is 19.4 Å². The molecule has 0 saturated carbocycles. The van der Waals surface area contributed by atoms with Gasteiger partial charge >= 0.3 is 6.03 Å². The largest absolute Gasteiger partial charge is 0.472 e. The third kappa shape index (κ3) is 2.76. The summed E-state index contributed by atoms with van der Waals surface area (Å²) in [7, 11) is 0. The van der Waals surface area contributed by atoms with Crippen LogP contribution < -0.4 is 5.32 Å². The SMILES string of the molecule is C[C@H]1CN(C(=O)NCc2ccoc2)CCO1. The van der Waals surface area contributed by atoms with Gasteiger partial charge in [0.2, 0.25) is 0 Å². The van der Waals surface area contributed by atoms with Crippen molar-refractivity contribution in [2.24, 2.45) is 0 Å². The van der Waals surface area contributed by atoms with E-state index >= 15 is 0 Å². The molecule has 5 heteroatoms. The quantitative estimate of drug-likeness (QED) is 0.821. The van der Waals surface area contributed by atoms with Crippen LogP contribution in [0.15, 0.2) is 23.0 Å². The Morgan fingerprint density at radius 1 is 1.69 bits per heavy atom. The number of carbonyl (C=O) groups is 1. The molecule has 0 aromatic carbocycles. The third-order valence-electron chi connectivity index (χ3n) is 2.55. The van der Waals surface area contributed by atoms with Crippen molar-refractivity contribution in [3.63, 3.8) is 0 Å². The van der Waals surface area contributed by atoms with Crippen LogP contribution in [0.3, 0.4) is 0 Å². The summed E-state index contributed by atoms with van der Waals surface area (Å²) < 4.78 is 10.3. The number of morpholine rings is 1. The van der Waals surface area contributed by atoms with Gasteiger partial charge in [-0.2, -0.15) is 0 Å². The monoisotopic (exact) mass is 224 g/mol. The lowest BCUT2D eigenvalue weighted by molar-refractivity contribution is -0.00351. The molecule has 1 N–H and O–H groups in total. The van der Waals surface area contributed by atoms with E-state index < -0.39 is 0 Å². The molecular formula is C11H16N2O3. The molecule has 0 aliphatic carbocycles. The summed E-state index contributed by atoms with van der Waals surface area (Å²) in [6.07, 6.45) is 3.34. The molecule has 0 spiro atoms. The first-order valence-electron chi connectivity index (χ1n) is 5.41. The molecule has 1 aromatic rings. The second-order valence-electron chi connectivity index (χ2n) is 3.92. The molecule has 0 radical (unpaired) electrons. The van der Waals surface area contributed by atoms with E-state index in [1.54, 1.807) is 17.4 Å². The summed E-state index contributed by atoms with van der Waals surface area (Å²) in [6, 6.07) is 1.79. The fourth-order valence-electron chi connectivity index (χ4n) is 1.69. The molecule has 5 nitrogen and oxygen atoms in total. The second kappa shape index (κ2) is 5.03. The van der Waals surface area contributed by atoms with Crippen LogP contribution >= 0.6 is 0 Å². The number of nitrogens with zero attached hydrogens (tertiary/aromatic N) is 1. The minimum atomic E-state index is -0.0450. The third-order valence-corrected chi connectivity index (χ3v) is 2.55. The number of nitrogens with one attached hydrogen (secondary N) is 1. The number of hydrogen-bond acceptors (Lipinski definition) is 3. The molecule has 2 amide bonds. The van der Waals surface area contributed by atoms with Crippen LogP contribution in [0.2, 0.25) is 0 Å². The number of rotatable bonds is 2. The maximum atomic E-state index is 11.8. The van der Waals surface area contributed by atoms with Crippen molar-refractivity contribution in [1.29, 1.82) is 0 Å². The first-order valence-corrected chi connectivity index (χ1v) is 5.41. The lowest BCUT2D eigenvalue weighted by atomic mass is 10.3. The summed E-state index contributed by atoms with van der Waals surface area (Å²) >= 11 is 0. The van der Waals surface area contributed by atoms with E-state index in [2.05, 4.69) is 5.32 Å². The maximum Gasteiger partial charge on any atom is 0.317 e. The van der Waals surface area contributed by atoms with Crippen molar-refractivity contribution in [3.05, 3.63) is 24.2 Å². The molecule has 2 rings (SSSR count). The first kappa shape index (κ1) is 11.0. The van der Waals surface area contributed by atoms with Gasteiger partial charge in [0.15, 0.2) is 0 Å². The molecule has 2 heterocycles. The second-order valence-corrected chi connectivity index (χ2v) is 3.92. The first-order chi connectivity index (χ1) is 7.75. The highest BCUT2D eigenvalue weighted by Crippen LogP contribution is 2.05. The van der Waals surface area contributed by atoms with Crippen LogP contribution in [0.5, 0.6) is 0 Å². The predicted octanol–water partition coefficient (Wildman–Crippen LogP) is 1.21. The van der Waals surface area contributed by atoms with Crippen LogP contribution in [0.1, 0.15) is 12.5 Å². The Kier molecular flexibility index (Phi) is 3.46. The number of furan rings is 1. The molecule has 1 aliphatic heterocycles. The van der Waals surface area contributed by atoms with Crippen molar-refractivity contribution in [3.8, 4) is 0 Å². The summed E-state index contributed by atoms with van der Waals surface area (Å²) in [6.45, 7) is 4.38. The van der Waals surface area contributed by atoms with Crippen molar-refractivity contribution >= 4 is 6.03 Å². The van der Waals surface area contributed by atoms with E-state index in [4.69, 9.17) is 9.15 Å². The zero-order valence-corrected chi connectivity index (χ0v) is 9.31. The number of carbonyl (C=O) groups excluding carboxylic acids is 1. The van der Waals surface area contributed by atoms with Crippen molar-refractivity contribution in [2.45, 2.75) is 19.6 Å². The average Bonchev–Trinajstić information content (AvgIpc) is 2.78. The normalized spacial score (nSPS) is 20.8. The van der Waals surface area contributed by atoms with E-state index in [-0.39, 0.29) is 12.1 Å². The van der Waals surface area contributed by atoms with Gasteiger partial charge in [0.25, 0.3) is 0 Å². The van der Waals surface area contributed by atoms with Gasteiger partial charge in [0.1, 0.15) is 0 Å². The molecule has 1 saturated heterocycles. The van der Waals surface area contributed by atoms with Crippen LogP contribution in [0, 0.1) is 0 Å². The summed E-state index contributed by atoms with van der Waals surface area (Å²) in [5.41, 5.74) is 0.967. The fraction of sp³-hybridized carbons (Fsp3) is 0.545. The Hall–Kier alpha value is -1.49. The van der Waals surface area contributed by atoms with Crippen molar-refractivity contribution in [2.75, 3.05) is 19.7 Å². The minimum Gasteiger partial charge on any atom is -0.472 e. The number of urea groups is 1. The fourth-order valence-corrected chi connectivity index (χ4v) is 1.69. The van der Waals surface area contributed by atoms with E-state index in [0.29, 0.717) is 26.2 Å². The molecule has 16 heavy (non-hydrogen) atoms. The molecule has 1 aliphatic rings. The lowest BCUT2D eigenvalue weighted by Gasteiger charge is -2.31. The molecule has 0 bridgehead atoms. The van der Waals surface area contributed by atoms with Crippen LogP contribution in [0.4, 0.5) is 4.79 Å². The Labute approximate surface area is 94.4 Å². The molecular weight excluding hydrogens is 208 g/mol. The summed E-state index contributed by atoms with van der Waals surface area (Å²) in [4.78, 5) is 13.5. The van der Waals surface area contributed by atoms with E-state index in [1.165, 1.54) is 0 Å². The Bertz CT molecular complexity index is 337. The van der Waals surface area contributed by atoms with Gasteiger partial charge in [-0.15, -0.1) is 0 Å². The average molecular weight is 224 g/mol. The van der Waals surface area contributed by atoms with Gasteiger partial charge in [-0.25, -0.2) is 4.79 Å². The highest BCUT2D eigenvalue weighted by Gasteiger charge is 2.20. The van der Waals surface area contributed by atoms with Crippen LogP contribution in [-0.4, -0.2) is 36.7 Å². The minimum absolute atomic E-state index is 0.0450. The standard InChI is InChI=1S/C11H16N2O3/c1-9-7-13(3-5-16-9)11(14)12-6-10-2-4-15-8-10/h2,4,8-9H,3,5-7H2,1H3,(H,12,14)/t9-/m0/s1. The highest BCUT2D eigenvalue weighted by molar-refractivity contribution is 5.74. The van der Waals surface area contributed by atoms with E-state index in [1.807, 2.05) is 13.0 Å². The number of ether oxygens (including phenoxy) is 1. The molecule has 1 aromatic heterocycles. The topological polar surface area (TPSA) is 54.7 Å². The van der Waals surface area contributed by atoms with Gasteiger partial charge in [0.05, 0.1) is 25.2 Å². The maximum absolute atomic E-state index is 11.8. The zero-order chi connectivity index (χ0) is 11.4. The van der Waals surface area contributed by atoms with Crippen molar-refractivity contribution in [1.82, 2.24) is 10.2 Å². The smallest absolute Gasteiger partial charge is 0.317 e. The Morgan fingerprint density at radius 2 is 2.56 bits per heavy atom. The Morgan fingerprint density at radius 3 is 3.25 bits per heavy atom. The number of amides is 2. The van der Waals surface area contributed by atoms with E-state index in [0.717, 1.165) is 5.56 Å². The van der Waals surface area contributed by atoms with Crippen LogP contribution in [-0.2, 0) is 11.3 Å². The molecule has 1 atom stereocenters. The number of hydrogen-bond donors (Lipinski definition) is 1. The van der Waals surface area contributed by atoms with Crippen LogP contribution in [0.25, 0.3) is 0 Å². The van der Waals surface area contributed by atoms with Gasteiger partial charge in [-0.3, -0.25) is 0 Å².